The van der Waals surface area contributed by atoms with E-state index in [9.17, 15) is 9.90 Å². The number of benzene rings is 1. The van der Waals surface area contributed by atoms with Crippen molar-refractivity contribution in [3.8, 4) is 5.75 Å². The van der Waals surface area contributed by atoms with Crippen molar-refractivity contribution in [1.82, 2.24) is 20.0 Å². The zero-order valence-corrected chi connectivity index (χ0v) is 15.3. The summed E-state index contributed by atoms with van der Waals surface area (Å²) in [6.45, 7) is 4.52. The van der Waals surface area contributed by atoms with Gasteiger partial charge in [-0.25, -0.2) is 0 Å². The fourth-order valence-electron chi connectivity index (χ4n) is 3.58. The molecule has 1 aromatic heterocycles. The number of carbonyl (C=O) groups excluding carboxylic acids is 1. The molecule has 26 heavy (non-hydrogen) atoms. The Kier molecular flexibility index (Phi) is 5.90. The van der Waals surface area contributed by atoms with Crippen molar-refractivity contribution in [2.75, 3.05) is 26.8 Å². The van der Waals surface area contributed by atoms with Gasteiger partial charge in [-0.1, -0.05) is 6.07 Å². The number of nitrogens with zero attached hydrogens (tertiary/aromatic N) is 3. The minimum Gasteiger partial charge on any atom is -0.496 e. The van der Waals surface area contributed by atoms with Gasteiger partial charge in [0, 0.05) is 63.1 Å². The predicted molar refractivity (Wildman–Crippen MR) is 97.8 cm³/mol. The molecule has 0 spiro atoms. The van der Waals surface area contributed by atoms with Crippen LogP contribution in [0.15, 0.2) is 36.7 Å². The molecule has 1 saturated heterocycles. The van der Waals surface area contributed by atoms with E-state index in [4.69, 9.17) is 4.74 Å². The number of rotatable bonds is 7. The topological polar surface area (TPSA) is 79.6 Å². The predicted octanol–water partition coefficient (Wildman–Crippen LogP) is 0.869. The Bertz CT molecular complexity index is 732. The summed E-state index contributed by atoms with van der Waals surface area (Å²) >= 11 is 0. The molecule has 7 nitrogen and oxygen atoms in total. The number of likely N-dealkylation sites (tertiary alicyclic amines) is 1. The van der Waals surface area contributed by atoms with Crippen LogP contribution >= 0.6 is 0 Å². The van der Waals surface area contributed by atoms with Gasteiger partial charge in [-0.3, -0.25) is 14.4 Å². The van der Waals surface area contributed by atoms with E-state index in [-0.39, 0.29) is 24.5 Å². The molecular formula is C19H26N4O3. The van der Waals surface area contributed by atoms with Crippen LogP contribution in [0.5, 0.6) is 5.75 Å². The molecule has 2 atom stereocenters. The van der Waals surface area contributed by atoms with Gasteiger partial charge in [0.25, 0.3) is 0 Å². The number of hydrogen-bond donors (Lipinski definition) is 2. The highest BCUT2D eigenvalue weighted by Crippen LogP contribution is 2.24. The molecule has 1 fully saturated rings. The third kappa shape index (κ3) is 4.42. The van der Waals surface area contributed by atoms with E-state index in [0.29, 0.717) is 6.54 Å². The van der Waals surface area contributed by atoms with E-state index in [1.165, 1.54) is 12.5 Å². The number of hydrogen-bond acceptors (Lipinski definition) is 5. The first-order valence-electron chi connectivity index (χ1n) is 8.82. The van der Waals surface area contributed by atoms with Crippen LogP contribution in [0.1, 0.15) is 18.1 Å². The quantitative estimate of drug-likeness (QED) is 0.768. The van der Waals surface area contributed by atoms with Gasteiger partial charge in [0.2, 0.25) is 5.91 Å². The SMILES string of the molecule is COc1ccc(CN2C[C@@H](CO)[C@H](NC(C)=O)C2)cc1Cn1cccn1. The first kappa shape index (κ1) is 18.4. The number of amides is 1. The van der Waals surface area contributed by atoms with Gasteiger partial charge >= 0.3 is 0 Å². The highest BCUT2D eigenvalue weighted by Gasteiger charge is 2.32. The second-order valence-corrected chi connectivity index (χ2v) is 6.79. The van der Waals surface area contributed by atoms with Crippen LogP contribution in [-0.2, 0) is 17.9 Å². The molecule has 3 rings (SSSR count). The lowest BCUT2D eigenvalue weighted by atomic mass is 10.1. The van der Waals surface area contributed by atoms with Gasteiger partial charge in [0.15, 0.2) is 0 Å². The fraction of sp³-hybridized carbons (Fsp3) is 0.474. The van der Waals surface area contributed by atoms with Crippen molar-refractivity contribution < 1.29 is 14.6 Å². The minimum absolute atomic E-state index is 0.000655. The lowest BCUT2D eigenvalue weighted by Crippen LogP contribution is -2.40. The smallest absolute Gasteiger partial charge is 0.217 e. The van der Waals surface area contributed by atoms with E-state index >= 15 is 0 Å². The molecule has 0 unspecified atom stereocenters. The number of ether oxygens (including phenoxy) is 1. The maximum absolute atomic E-state index is 11.4. The summed E-state index contributed by atoms with van der Waals surface area (Å²) in [6, 6.07) is 8.08. The van der Waals surface area contributed by atoms with Gasteiger partial charge in [-0.15, -0.1) is 0 Å². The standard InChI is InChI=1S/C19H26N4O3/c1-14(25)21-18-12-22(10-17(18)13-24)9-15-4-5-19(26-2)16(8-15)11-23-7-3-6-20-23/h3-8,17-18,24H,9-13H2,1-2H3,(H,21,25)/t17-,18+/m0/s1. The molecule has 0 saturated carbocycles. The second-order valence-electron chi connectivity index (χ2n) is 6.79. The minimum atomic E-state index is -0.0544. The van der Waals surface area contributed by atoms with Crippen LogP contribution in [-0.4, -0.2) is 58.5 Å². The summed E-state index contributed by atoms with van der Waals surface area (Å²) in [7, 11) is 1.67. The summed E-state index contributed by atoms with van der Waals surface area (Å²) in [4.78, 5) is 13.6. The molecule has 0 radical (unpaired) electrons. The number of nitrogens with one attached hydrogen (secondary N) is 1. The molecule has 1 amide bonds. The van der Waals surface area contributed by atoms with Crippen LogP contribution in [0.2, 0.25) is 0 Å². The third-order valence-corrected chi connectivity index (χ3v) is 4.78. The van der Waals surface area contributed by atoms with Crippen molar-refractivity contribution in [1.29, 1.82) is 0 Å². The molecule has 140 valence electrons. The first-order chi connectivity index (χ1) is 12.6. The van der Waals surface area contributed by atoms with Gasteiger partial charge in [-0.2, -0.15) is 5.10 Å². The number of carbonyl (C=O) groups is 1. The summed E-state index contributed by atoms with van der Waals surface area (Å²) in [5, 5.41) is 16.8. The lowest BCUT2D eigenvalue weighted by Gasteiger charge is -2.18. The summed E-state index contributed by atoms with van der Waals surface area (Å²) < 4.78 is 7.35. The molecule has 2 heterocycles. The molecular weight excluding hydrogens is 332 g/mol. The maximum atomic E-state index is 11.4. The van der Waals surface area contributed by atoms with Crippen LogP contribution in [0.25, 0.3) is 0 Å². The Morgan fingerprint density at radius 3 is 2.88 bits per heavy atom. The maximum Gasteiger partial charge on any atom is 0.217 e. The van der Waals surface area contributed by atoms with E-state index in [1.54, 1.807) is 13.3 Å². The average molecular weight is 358 g/mol. The summed E-state index contributed by atoms with van der Waals surface area (Å²) in [5.41, 5.74) is 2.25. The van der Waals surface area contributed by atoms with Crippen molar-refractivity contribution in [3.05, 3.63) is 47.8 Å². The molecule has 0 bridgehead atoms. The normalized spacial score (nSPS) is 20.3. The molecule has 1 aliphatic heterocycles. The lowest BCUT2D eigenvalue weighted by molar-refractivity contribution is -0.119. The van der Waals surface area contributed by atoms with Gasteiger partial charge < -0.3 is 15.2 Å². The Balaban J connectivity index is 1.70. The summed E-state index contributed by atoms with van der Waals surface area (Å²) in [6.07, 6.45) is 3.69. The van der Waals surface area contributed by atoms with E-state index < -0.39 is 0 Å². The van der Waals surface area contributed by atoms with E-state index in [2.05, 4.69) is 27.4 Å². The van der Waals surface area contributed by atoms with Crippen molar-refractivity contribution in [2.45, 2.75) is 26.1 Å². The zero-order chi connectivity index (χ0) is 18.5. The molecule has 1 aliphatic rings. The van der Waals surface area contributed by atoms with Crippen LogP contribution in [0.3, 0.4) is 0 Å². The molecule has 1 aromatic carbocycles. The molecule has 0 aliphatic carbocycles. The second kappa shape index (κ2) is 8.33. The Hall–Kier alpha value is -2.38. The number of aliphatic hydroxyl groups is 1. The van der Waals surface area contributed by atoms with Crippen molar-refractivity contribution in [2.24, 2.45) is 5.92 Å². The van der Waals surface area contributed by atoms with Crippen LogP contribution < -0.4 is 10.1 Å². The monoisotopic (exact) mass is 358 g/mol. The number of aromatic nitrogens is 2. The highest BCUT2D eigenvalue weighted by molar-refractivity contribution is 5.73. The van der Waals surface area contributed by atoms with Crippen LogP contribution in [0.4, 0.5) is 0 Å². The van der Waals surface area contributed by atoms with E-state index in [1.807, 2.05) is 23.0 Å². The van der Waals surface area contributed by atoms with Gasteiger partial charge in [0.05, 0.1) is 13.7 Å². The summed E-state index contributed by atoms with van der Waals surface area (Å²) in [5.74, 6) is 0.858. The van der Waals surface area contributed by atoms with Gasteiger partial charge in [0.1, 0.15) is 5.75 Å². The zero-order valence-electron chi connectivity index (χ0n) is 15.3. The Labute approximate surface area is 153 Å². The van der Waals surface area contributed by atoms with Crippen LogP contribution in [0, 0.1) is 5.92 Å². The number of methoxy groups -OCH3 is 1. The fourth-order valence-corrected chi connectivity index (χ4v) is 3.58. The van der Waals surface area contributed by atoms with Crippen molar-refractivity contribution in [3.63, 3.8) is 0 Å². The third-order valence-electron chi connectivity index (χ3n) is 4.78. The van der Waals surface area contributed by atoms with Gasteiger partial charge in [-0.05, 0) is 23.8 Å². The Morgan fingerprint density at radius 2 is 2.23 bits per heavy atom. The molecule has 7 heteroatoms. The van der Waals surface area contributed by atoms with E-state index in [0.717, 1.165) is 30.9 Å². The Morgan fingerprint density at radius 1 is 1.38 bits per heavy atom. The first-order valence-corrected chi connectivity index (χ1v) is 8.82. The number of aliphatic hydroxyl groups excluding tert-OH is 1. The average Bonchev–Trinajstić information content (AvgIpc) is 3.24. The largest absolute Gasteiger partial charge is 0.496 e. The molecule has 2 aromatic rings. The molecule has 2 N–H and O–H groups in total. The highest BCUT2D eigenvalue weighted by atomic mass is 16.5. The van der Waals surface area contributed by atoms with Crippen molar-refractivity contribution >= 4 is 5.91 Å².